The number of aromatic nitrogens is 2. The fraction of sp³-hybridized carbons (Fsp3) is 0.625. The van der Waals surface area contributed by atoms with Gasteiger partial charge in [0.05, 0.1) is 0 Å². The summed E-state index contributed by atoms with van der Waals surface area (Å²) < 4.78 is 4.90. The van der Waals surface area contributed by atoms with Crippen molar-refractivity contribution in [1.82, 2.24) is 10.2 Å². The number of hydrogen-bond acceptors (Lipinski definition) is 4. The Hall–Kier alpha value is -1.39. The Labute approximate surface area is 75.8 Å². The summed E-state index contributed by atoms with van der Waals surface area (Å²) in [4.78, 5) is 10.4. The van der Waals surface area contributed by atoms with Crippen molar-refractivity contribution in [2.75, 3.05) is 0 Å². The van der Waals surface area contributed by atoms with Crippen molar-refractivity contribution in [1.29, 1.82) is 0 Å². The van der Waals surface area contributed by atoms with E-state index >= 15 is 0 Å². The van der Waals surface area contributed by atoms with Crippen molar-refractivity contribution in [3.8, 4) is 0 Å². The van der Waals surface area contributed by atoms with Crippen LogP contribution in [0.1, 0.15) is 36.8 Å². The first-order valence-electron chi connectivity index (χ1n) is 4.19. The summed E-state index contributed by atoms with van der Waals surface area (Å²) in [5, 5.41) is 15.5. The Morgan fingerprint density at radius 1 is 1.62 bits per heavy atom. The zero-order chi connectivity index (χ0) is 9.84. The molecule has 0 bridgehead atoms. The van der Waals surface area contributed by atoms with Crippen LogP contribution in [0.3, 0.4) is 0 Å². The molecule has 13 heavy (non-hydrogen) atoms. The van der Waals surface area contributed by atoms with Crippen LogP contribution in [0.2, 0.25) is 0 Å². The van der Waals surface area contributed by atoms with Gasteiger partial charge in [0.2, 0.25) is 5.89 Å². The Balaban J connectivity index is 2.64. The van der Waals surface area contributed by atoms with E-state index in [-0.39, 0.29) is 5.89 Å². The van der Waals surface area contributed by atoms with Gasteiger partial charge in [0.25, 0.3) is 0 Å². The first kappa shape index (κ1) is 9.70. The monoisotopic (exact) mass is 184 g/mol. The lowest BCUT2D eigenvalue weighted by atomic mass is 10.1. The number of carboxylic acids is 1. The van der Waals surface area contributed by atoms with E-state index in [1.165, 1.54) is 0 Å². The third kappa shape index (κ3) is 2.54. The highest BCUT2D eigenvalue weighted by atomic mass is 16.4. The SMILES string of the molecule is CCC(C)Cc1nnc(C(=O)O)o1. The topological polar surface area (TPSA) is 76.2 Å². The van der Waals surface area contributed by atoms with E-state index in [1.807, 2.05) is 6.92 Å². The van der Waals surface area contributed by atoms with Gasteiger partial charge in [-0.25, -0.2) is 4.79 Å². The van der Waals surface area contributed by atoms with Gasteiger partial charge < -0.3 is 9.52 Å². The molecule has 0 amide bonds. The molecule has 0 aliphatic rings. The lowest BCUT2D eigenvalue weighted by Gasteiger charge is -2.01. The predicted octanol–water partition coefficient (Wildman–Crippen LogP) is 1.36. The standard InChI is InChI=1S/C8H12N2O3/c1-3-5(2)4-6-9-10-7(13-6)8(11)12/h5H,3-4H2,1-2H3,(H,11,12). The van der Waals surface area contributed by atoms with Gasteiger partial charge in [0.15, 0.2) is 0 Å². The summed E-state index contributed by atoms with van der Waals surface area (Å²) in [6.45, 7) is 4.10. The Morgan fingerprint density at radius 3 is 2.77 bits per heavy atom. The molecule has 1 rings (SSSR count). The van der Waals surface area contributed by atoms with Gasteiger partial charge in [0.1, 0.15) is 0 Å². The molecule has 72 valence electrons. The zero-order valence-corrected chi connectivity index (χ0v) is 7.65. The minimum absolute atomic E-state index is 0.335. The second-order valence-corrected chi connectivity index (χ2v) is 3.02. The van der Waals surface area contributed by atoms with E-state index < -0.39 is 5.97 Å². The summed E-state index contributed by atoms with van der Waals surface area (Å²) in [7, 11) is 0. The zero-order valence-electron chi connectivity index (χ0n) is 7.65. The summed E-state index contributed by atoms with van der Waals surface area (Å²) in [5.41, 5.74) is 0. The van der Waals surface area contributed by atoms with E-state index in [0.717, 1.165) is 6.42 Å². The second kappa shape index (κ2) is 4.02. The lowest BCUT2D eigenvalue weighted by Crippen LogP contribution is -1.97. The summed E-state index contributed by atoms with van der Waals surface area (Å²) in [6, 6.07) is 0. The number of rotatable bonds is 4. The van der Waals surface area contributed by atoms with Gasteiger partial charge in [-0.2, -0.15) is 0 Å². The predicted molar refractivity (Wildman–Crippen MR) is 44.4 cm³/mol. The van der Waals surface area contributed by atoms with Crippen molar-refractivity contribution < 1.29 is 14.3 Å². The number of nitrogens with zero attached hydrogens (tertiary/aromatic N) is 2. The molecular weight excluding hydrogens is 172 g/mol. The van der Waals surface area contributed by atoms with Crippen molar-refractivity contribution in [2.45, 2.75) is 26.7 Å². The van der Waals surface area contributed by atoms with E-state index in [4.69, 9.17) is 9.52 Å². The van der Waals surface area contributed by atoms with E-state index in [9.17, 15) is 4.79 Å². The van der Waals surface area contributed by atoms with Gasteiger partial charge in [-0.3, -0.25) is 0 Å². The van der Waals surface area contributed by atoms with Gasteiger partial charge in [-0.05, 0) is 5.92 Å². The van der Waals surface area contributed by atoms with Gasteiger partial charge in [-0.1, -0.05) is 20.3 Å². The van der Waals surface area contributed by atoms with Crippen LogP contribution >= 0.6 is 0 Å². The highest BCUT2D eigenvalue weighted by Gasteiger charge is 2.13. The van der Waals surface area contributed by atoms with Crippen LogP contribution in [-0.4, -0.2) is 21.3 Å². The quantitative estimate of drug-likeness (QED) is 0.764. The number of carbonyl (C=O) groups is 1. The summed E-state index contributed by atoms with van der Waals surface area (Å²) in [5.74, 6) is -0.685. The Morgan fingerprint density at radius 2 is 2.31 bits per heavy atom. The highest BCUT2D eigenvalue weighted by Crippen LogP contribution is 2.09. The fourth-order valence-electron chi connectivity index (χ4n) is 0.865. The van der Waals surface area contributed by atoms with Crippen molar-refractivity contribution >= 4 is 5.97 Å². The van der Waals surface area contributed by atoms with Crippen LogP contribution in [0.15, 0.2) is 4.42 Å². The largest absolute Gasteiger partial charge is 0.474 e. The second-order valence-electron chi connectivity index (χ2n) is 3.02. The molecule has 1 aromatic rings. The average molecular weight is 184 g/mol. The fourth-order valence-corrected chi connectivity index (χ4v) is 0.865. The molecule has 0 spiro atoms. The number of carboxylic acid groups (broad SMARTS) is 1. The molecular formula is C8H12N2O3. The Bertz CT molecular complexity index is 295. The minimum Gasteiger partial charge on any atom is -0.474 e. The molecule has 1 aromatic heterocycles. The van der Waals surface area contributed by atoms with Gasteiger partial charge in [-0.15, -0.1) is 10.2 Å². The van der Waals surface area contributed by atoms with Crippen molar-refractivity contribution in [3.05, 3.63) is 11.8 Å². The van der Waals surface area contributed by atoms with E-state index in [0.29, 0.717) is 18.2 Å². The van der Waals surface area contributed by atoms with Crippen molar-refractivity contribution in [2.24, 2.45) is 5.92 Å². The highest BCUT2D eigenvalue weighted by molar-refractivity contribution is 5.81. The molecule has 0 saturated carbocycles. The first-order valence-corrected chi connectivity index (χ1v) is 4.19. The summed E-state index contributed by atoms with van der Waals surface area (Å²) >= 11 is 0. The minimum atomic E-state index is -1.18. The Kier molecular flexibility index (Phi) is 3.00. The van der Waals surface area contributed by atoms with E-state index in [1.54, 1.807) is 0 Å². The summed E-state index contributed by atoms with van der Waals surface area (Å²) in [6.07, 6.45) is 1.64. The van der Waals surface area contributed by atoms with Crippen LogP contribution in [0.4, 0.5) is 0 Å². The normalized spacial score (nSPS) is 12.8. The molecule has 1 N–H and O–H groups in total. The maximum atomic E-state index is 10.4. The van der Waals surface area contributed by atoms with Crippen LogP contribution in [0, 0.1) is 5.92 Å². The molecule has 0 aliphatic heterocycles. The smallest absolute Gasteiger partial charge is 0.393 e. The maximum absolute atomic E-state index is 10.4. The number of aromatic carboxylic acids is 1. The van der Waals surface area contributed by atoms with Crippen LogP contribution in [0.5, 0.6) is 0 Å². The molecule has 1 unspecified atom stereocenters. The molecule has 0 aliphatic carbocycles. The maximum Gasteiger partial charge on any atom is 0.393 e. The average Bonchev–Trinajstić information content (AvgIpc) is 2.52. The lowest BCUT2D eigenvalue weighted by molar-refractivity contribution is 0.0651. The number of hydrogen-bond donors (Lipinski definition) is 1. The molecule has 0 saturated heterocycles. The molecule has 5 heteroatoms. The molecule has 0 aromatic carbocycles. The van der Waals surface area contributed by atoms with Gasteiger partial charge in [0, 0.05) is 6.42 Å². The molecule has 1 atom stereocenters. The van der Waals surface area contributed by atoms with Crippen LogP contribution < -0.4 is 0 Å². The van der Waals surface area contributed by atoms with Gasteiger partial charge >= 0.3 is 11.9 Å². The molecule has 0 fully saturated rings. The third-order valence-electron chi connectivity index (χ3n) is 1.87. The first-order chi connectivity index (χ1) is 6.13. The van der Waals surface area contributed by atoms with Crippen molar-refractivity contribution in [3.63, 3.8) is 0 Å². The van der Waals surface area contributed by atoms with E-state index in [2.05, 4.69) is 17.1 Å². The molecule has 0 radical (unpaired) electrons. The third-order valence-corrected chi connectivity index (χ3v) is 1.87. The van der Waals surface area contributed by atoms with Crippen LogP contribution in [-0.2, 0) is 6.42 Å². The molecule has 5 nitrogen and oxygen atoms in total. The molecule has 1 heterocycles. The van der Waals surface area contributed by atoms with Crippen LogP contribution in [0.25, 0.3) is 0 Å².